The highest BCUT2D eigenvalue weighted by Gasteiger charge is 2.25. The zero-order valence-electron chi connectivity index (χ0n) is 18.4. The highest BCUT2D eigenvalue weighted by atomic mass is 127. The summed E-state index contributed by atoms with van der Waals surface area (Å²) in [6, 6.07) is 8.94. The third-order valence-corrected chi connectivity index (χ3v) is 6.75. The number of halogens is 1. The maximum atomic E-state index is 6.17. The molecule has 2 unspecified atom stereocenters. The van der Waals surface area contributed by atoms with Gasteiger partial charge in [-0.3, -0.25) is 4.99 Å². The van der Waals surface area contributed by atoms with E-state index in [2.05, 4.69) is 39.5 Å². The summed E-state index contributed by atoms with van der Waals surface area (Å²) in [5, 5.41) is 3.66. The highest BCUT2D eigenvalue weighted by molar-refractivity contribution is 14.0. The van der Waals surface area contributed by atoms with Crippen LogP contribution < -0.4 is 5.32 Å². The zero-order chi connectivity index (χ0) is 19.9. The maximum Gasteiger partial charge on any atom is 0.193 e. The Morgan fingerprint density at radius 1 is 1.13 bits per heavy atom. The van der Waals surface area contributed by atoms with Crippen LogP contribution in [0.5, 0.6) is 0 Å². The molecule has 0 radical (unpaired) electrons. The molecule has 30 heavy (non-hydrogen) atoms. The van der Waals surface area contributed by atoms with Gasteiger partial charge in [0.2, 0.25) is 0 Å². The van der Waals surface area contributed by atoms with Crippen molar-refractivity contribution in [2.24, 2.45) is 4.99 Å². The van der Waals surface area contributed by atoms with Gasteiger partial charge in [-0.1, -0.05) is 24.3 Å². The lowest BCUT2D eigenvalue weighted by Gasteiger charge is -2.35. The molecule has 5 nitrogen and oxygen atoms in total. The monoisotopic (exact) mass is 527 g/mol. The Hall–Kier alpha value is -0.860. The summed E-state index contributed by atoms with van der Waals surface area (Å²) in [7, 11) is 1.90. The molecule has 0 aromatic heterocycles. The van der Waals surface area contributed by atoms with E-state index in [1.807, 2.05) is 7.05 Å². The number of piperidine rings is 1. The van der Waals surface area contributed by atoms with E-state index in [1.165, 1.54) is 43.2 Å². The number of likely N-dealkylation sites (tertiary alicyclic amines) is 1. The number of benzene rings is 1. The zero-order valence-corrected chi connectivity index (χ0v) is 20.7. The highest BCUT2D eigenvalue weighted by Crippen LogP contribution is 2.30. The van der Waals surface area contributed by atoms with Crippen LogP contribution in [0.2, 0.25) is 0 Å². The summed E-state index contributed by atoms with van der Waals surface area (Å²) < 4.78 is 12.0. The lowest BCUT2D eigenvalue weighted by Crippen LogP contribution is -2.48. The number of nitrogens with zero attached hydrogens (tertiary/aromatic N) is 2. The molecular weight excluding hydrogens is 489 g/mol. The summed E-state index contributed by atoms with van der Waals surface area (Å²) in [5.41, 5.74) is 3.05. The standard InChI is InChI=1S/C24H37N3O2.HI/c1-25-24(26-17-20-9-6-8-19-7-2-3-11-23(19)20)27-14-12-21(13-15-27)29-18-22-10-4-5-16-28-22;/h2-3,7,11,20-22H,4-6,8-10,12-18H2,1H3,(H,25,26);1H. The van der Waals surface area contributed by atoms with Crippen molar-refractivity contribution in [3.63, 3.8) is 0 Å². The summed E-state index contributed by atoms with van der Waals surface area (Å²) in [5.74, 6) is 1.63. The quantitative estimate of drug-likeness (QED) is 0.352. The van der Waals surface area contributed by atoms with Crippen molar-refractivity contribution in [3.8, 4) is 0 Å². The molecule has 3 aliphatic rings. The van der Waals surface area contributed by atoms with Crippen molar-refractivity contribution in [1.82, 2.24) is 10.2 Å². The number of hydrogen-bond donors (Lipinski definition) is 1. The van der Waals surface area contributed by atoms with E-state index in [0.29, 0.717) is 18.1 Å². The van der Waals surface area contributed by atoms with Gasteiger partial charge in [-0.05, 0) is 62.5 Å². The predicted molar refractivity (Wildman–Crippen MR) is 133 cm³/mol. The Morgan fingerprint density at radius 2 is 1.97 bits per heavy atom. The van der Waals surface area contributed by atoms with E-state index in [1.54, 1.807) is 0 Å². The smallest absolute Gasteiger partial charge is 0.193 e. The second-order valence-electron chi connectivity index (χ2n) is 8.72. The first-order valence-electron chi connectivity index (χ1n) is 11.6. The van der Waals surface area contributed by atoms with Gasteiger partial charge in [0.1, 0.15) is 0 Å². The Morgan fingerprint density at radius 3 is 2.73 bits per heavy atom. The first kappa shape index (κ1) is 23.8. The SMILES string of the molecule is CN=C(NCC1CCCc2ccccc21)N1CCC(OCC2CCCCO2)CC1.I. The minimum atomic E-state index is 0. The molecule has 2 aliphatic heterocycles. The summed E-state index contributed by atoms with van der Waals surface area (Å²) in [6.45, 7) is 4.66. The van der Waals surface area contributed by atoms with Gasteiger partial charge in [-0.15, -0.1) is 24.0 Å². The first-order chi connectivity index (χ1) is 14.3. The van der Waals surface area contributed by atoms with E-state index in [-0.39, 0.29) is 24.0 Å². The van der Waals surface area contributed by atoms with Gasteiger partial charge >= 0.3 is 0 Å². The topological polar surface area (TPSA) is 46.1 Å². The first-order valence-corrected chi connectivity index (χ1v) is 11.6. The summed E-state index contributed by atoms with van der Waals surface area (Å²) in [4.78, 5) is 6.96. The number of aliphatic imine (C=N–C) groups is 1. The molecule has 2 fully saturated rings. The van der Waals surface area contributed by atoms with Crippen molar-refractivity contribution in [1.29, 1.82) is 0 Å². The molecule has 0 saturated carbocycles. The molecule has 0 bridgehead atoms. The van der Waals surface area contributed by atoms with E-state index in [0.717, 1.165) is 58.1 Å². The minimum Gasteiger partial charge on any atom is -0.376 e. The molecule has 1 aromatic carbocycles. The number of ether oxygens (including phenoxy) is 2. The Bertz CT molecular complexity index is 670. The average Bonchev–Trinajstić information content (AvgIpc) is 2.79. The van der Waals surface area contributed by atoms with Crippen molar-refractivity contribution < 1.29 is 9.47 Å². The summed E-state index contributed by atoms with van der Waals surface area (Å²) in [6.07, 6.45) is 10.2. The second kappa shape index (κ2) is 12.2. The molecule has 0 amide bonds. The van der Waals surface area contributed by atoms with Gasteiger partial charge in [-0.2, -0.15) is 0 Å². The fraction of sp³-hybridized carbons (Fsp3) is 0.708. The molecule has 1 aromatic rings. The molecular formula is C24H38IN3O2. The van der Waals surface area contributed by atoms with Crippen LogP contribution in [0.25, 0.3) is 0 Å². The fourth-order valence-corrected chi connectivity index (χ4v) is 5.03. The molecule has 168 valence electrons. The fourth-order valence-electron chi connectivity index (χ4n) is 5.03. The number of nitrogens with one attached hydrogen (secondary N) is 1. The van der Waals surface area contributed by atoms with Gasteiger partial charge < -0.3 is 19.7 Å². The molecule has 2 saturated heterocycles. The van der Waals surface area contributed by atoms with Gasteiger partial charge in [0, 0.05) is 39.2 Å². The number of fused-ring (bicyclic) bond motifs is 1. The molecule has 2 heterocycles. The molecule has 1 N–H and O–H groups in total. The van der Waals surface area contributed by atoms with Crippen LogP contribution in [-0.4, -0.2) is 63.0 Å². The van der Waals surface area contributed by atoms with Crippen LogP contribution in [0, 0.1) is 0 Å². The third-order valence-electron chi connectivity index (χ3n) is 6.75. The largest absolute Gasteiger partial charge is 0.376 e. The lowest BCUT2D eigenvalue weighted by molar-refractivity contribution is -0.0721. The van der Waals surface area contributed by atoms with Crippen LogP contribution in [0.15, 0.2) is 29.3 Å². The normalized spacial score (nSPS) is 25.4. The van der Waals surface area contributed by atoms with E-state index in [9.17, 15) is 0 Å². The van der Waals surface area contributed by atoms with Gasteiger partial charge in [0.25, 0.3) is 0 Å². The molecule has 4 rings (SSSR count). The third kappa shape index (κ3) is 6.33. The van der Waals surface area contributed by atoms with E-state index < -0.39 is 0 Å². The maximum absolute atomic E-state index is 6.17. The number of guanidine groups is 1. The Balaban J connectivity index is 0.00000256. The average molecular weight is 527 g/mol. The molecule has 2 atom stereocenters. The van der Waals surface area contributed by atoms with Crippen molar-refractivity contribution >= 4 is 29.9 Å². The van der Waals surface area contributed by atoms with Crippen molar-refractivity contribution in [2.75, 3.05) is 39.9 Å². The van der Waals surface area contributed by atoms with Crippen LogP contribution in [0.1, 0.15) is 62.0 Å². The molecule has 6 heteroatoms. The molecule has 1 aliphatic carbocycles. The van der Waals surface area contributed by atoms with Crippen molar-refractivity contribution in [3.05, 3.63) is 35.4 Å². The van der Waals surface area contributed by atoms with Crippen LogP contribution in [0.4, 0.5) is 0 Å². The van der Waals surface area contributed by atoms with E-state index in [4.69, 9.17) is 9.47 Å². The minimum absolute atomic E-state index is 0. The lowest BCUT2D eigenvalue weighted by atomic mass is 9.83. The number of hydrogen-bond acceptors (Lipinski definition) is 3. The van der Waals surface area contributed by atoms with Crippen molar-refractivity contribution in [2.45, 2.75) is 69.5 Å². The second-order valence-corrected chi connectivity index (χ2v) is 8.72. The van der Waals surface area contributed by atoms with E-state index >= 15 is 0 Å². The van der Waals surface area contributed by atoms with Gasteiger partial charge in [0.15, 0.2) is 5.96 Å². The Kier molecular flexibility index (Phi) is 9.71. The predicted octanol–water partition coefficient (Wildman–Crippen LogP) is 4.35. The van der Waals surface area contributed by atoms with Crippen LogP contribution in [0.3, 0.4) is 0 Å². The molecule has 0 spiro atoms. The number of rotatable bonds is 5. The van der Waals surface area contributed by atoms with Crippen LogP contribution in [-0.2, 0) is 15.9 Å². The number of aryl methyl sites for hydroxylation is 1. The summed E-state index contributed by atoms with van der Waals surface area (Å²) >= 11 is 0. The van der Waals surface area contributed by atoms with Gasteiger partial charge in [-0.25, -0.2) is 0 Å². The Labute approximate surface area is 199 Å². The van der Waals surface area contributed by atoms with Gasteiger partial charge in [0.05, 0.1) is 18.8 Å². The van der Waals surface area contributed by atoms with Crippen LogP contribution >= 0.6 is 24.0 Å².